The lowest BCUT2D eigenvalue weighted by molar-refractivity contribution is 0.247. The van der Waals surface area contributed by atoms with Gasteiger partial charge in [-0.1, -0.05) is 0 Å². The van der Waals surface area contributed by atoms with E-state index in [1.807, 2.05) is 25.6 Å². The number of rotatable bonds is 4. The van der Waals surface area contributed by atoms with Gasteiger partial charge < -0.3 is 4.74 Å². The molecule has 0 aliphatic heterocycles. The fourth-order valence-corrected chi connectivity index (χ4v) is 2.12. The molecule has 4 heteroatoms. The second-order valence-corrected chi connectivity index (χ2v) is 4.89. The van der Waals surface area contributed by atoms with E-state index in [9.17, 15) is 0 Å². The van der Waals surface area contributed by atoms with E-state index in [1.54, 1.807) is 0 Å². The number of thiol groups is 1. The number of aromatic nitrogens is 2. The van der Waals surface area contributed by atoms with Crippen LogP contribution in [-0.4, -0.2) is 22.1 Å². The molecular weight excluding hydrogens is 208 g/mol. The first-order chi connectivity index (χ1) is 7.08. The first kappa shape index (κ1) is 10.9. The van der Waals surface area contributed by atoms with Crippen LogP contribution in [0, 0.1) is 19.3 Å². The molecule has 0 spiro atoms. The molecule has 0 radical (unpaired) electrons. The van der Waals surface area contributed by atoms with Crippen molar-refractivity contribution in [3.63, 3.8) is 0 Å². The molecule has 0 aromatic carbocycles. The second-order valence-electron chi connectivity index (χ2n) is 4.57. The summed E-state index contributed by atoms with van der Waals surface area (Å²) in [6.45, 7) is 4.81. The summed E-state index contributed by atoms with van der Waals surface area (Å²) in [7, 11) is 1.95. The molecule has 2 rings (SSSR count). The molecule has 0 amide bonds. The van der Waals surface area contributed by atoms with E-state index in [-0.39, 0.29) is 0 Å². The van der Waals surface area contributed by atoms with E-state index < -0.39 is 0 Å². The van der Waals surface area contributed by atoms with Gasteiger partial charge in [0.05, 0.1) is 12.3 Å². The molecule has 3 nitrogen and oxygen atoms in total. The maximum absolute atomic E-state index is 5.87. The van der Waals surface area contributed by atoms with Crippen LogP contribution in [0.4, 0.5) is 0 Å². The van der Waals surface area contributed by atoms with E-state index in [4.69, 9.17) is 4.74 Å². The van der Waals surface area contributed by atoms with E-state index in [0.29, 0.717) is 5.41 Å². The van der Waals surface area contributed by atoms with Crippen molar-refractivity contribution in [2.45, 2.75) is 26.7 Å². The van der Waals surface area contributed by atoms with Crippen LogP contribution in [0.1, 0.15) is 24.2 Å². The molecule has 0 unspecified atom stereocenters. The van der Waals surface area contributed by atoms with Crippen molar-refractivity contribution < 1.29 is 4.74 Å². The lowest BCUT2D eigenvalue weighted by Crippen LogP contribution is -2.15. The van der Waals surface area contributed by atoms with Gasteiger partial charge in [0.15, 0.2) is 5.75 Å². The third-order valence-electron chi connectivity index (χ3n) is 3.26. The van der Waals surface area contributed by atoms with Crippen LogP contribution >= 0.6 is 12.6 Å². The Bertz CT molecular complexity index is 369. The van der Waals surface area contributed by atoms with Gasteiger partial charge in [-0.25, -0.2) is 0 Å². The minimum Gasteiger partial charge on any atom is -0.489 e. The highest BCUT2D eigenvalue weighted by atomic mass is 32.1. The Balaban J connectivity index is 2.05. The summed E-state index contributed by atoms with van der Waals surface area (Å²) >= 11 is 4.37. The summed E-state index contributed by atoms with van der Waals surface area (Å²) in [5.41, 5.74) is 2.42. The fourth-order valence-electron chi connectivity index (χ4n) is 1.71. The van der Waals surface area contributed by atoms with Crippen LogP contribution in [0.3, 0.4) is 0 Å². The summed E-state index contributed by atoms with van der Waals surface area (Å²) in [4.78, 5) is 0. The van der Waals surface area contributed by atoms with Gasteiger partial charge in [0.1, 0.15) is 5.69 Å². The number of aryl methyl sites for hydroxylation is 2. The van der Waals surface area contributed by atoms with Gasteiger partial charge in [-0.2, -0.15) is 17.7 Å². The Morgan fingerprint density at radius 3 is 2.53 bits per heavy atom. The minimum absolute atomic E-state index is 0.345. The topological polar surface area (TPSA) is 27.1 Å². The van der Waals surface area contributed by atoms with Crippen molar-refractivity contribution in [2.24, 2.45) is 12.5 Å². The molecule has 1 aromatic heterocycles. The Morgan fingerprint density at radius 1 is 1.47 bits per heavy atom. The molecule has 15 heavy (non-hydrogen) atoms. The first-order valence-electron chi connectivity index (χ1n) is 5.32. The van der Waals surface area contributed by atoms with Gasteiger partial charge in [-0.3, -0.25) is 4.68 Å². The Labute approximate surface area is 96.2 Å². The van der Waals surface area contributed by atoms with Crippen molar-refractivity contribution in [3.05, 3.63) is 11.4 Å². The third kappa shape index (κ3) is 2.00. The summed E-state index contributed by atoms with van der Waals surface area (Å²) in [5.74, 6) is 1.87. The number of hydrogen-bond donors (Lipinski definition) is 1. The largest absolute Gasteiger partial charge is 0.489 e. The van der Waals surface area contributed by atoms with E-state index >= 15 is 0 Å². The summed E-state index contributed by atoms with van der Waals surface area (Å²) in [5, 5.41) is 4.33. The molecule has 0 saturated heterocycles. The summed E-state index contributed by atoms with van der Waals surface area (Å²) in [6, 6.07) is 0. The van der Waals surface area contributed by atoms with Crippen LogP contribution in [0.15, 0.2) is 0 Å². The Morgan fingerprint density at radius 2 is 2.13 bits per heavy atom. The molecule has 1 aliphatic carbocycles. The van der Waals surface area contributed by atoms with Crippen LogP contribution in [-0.2, 0) is 7.05 Å². The number of nitrogens with zero attached hydrogens (tertiary/aromatic N) is 2. The van der Waals surface area contributed by atoms with Crippen LogP contribution in [0.5, 0.6) is 5.75 Å². The van der Waals surface area contributed by atoms with Gasteiger partial charge in [0.2, 0.25) is 0 Å². The highest BCUT2D eigenvalue weighted by Crippen LogP contribution is 2.46. The predicted octanol–water partition coefficient (Wildman–Crippen LogP) is 2.13. The van der Waals surface area contributed by atoms with Gasteiger partial charge >= 0.3 is 0 Å². The molecule has 0 bridgehead atoms. The maximum atomic E-state index is 5.87. The quantitative estimate of drug-likeness (QED) is 0.796. The van der Waals surface area contributed by atoms with Crippen LogP contribution in [0.25, 0.3) is 0 Å². The minimum atomic E-state index is 0.345. The van der Waals surface area contributed by atoms with Gasteiger partial charge in [-0.15, -0.1) is 0 Å². The van der Waals surface area contributed by atoms with Crippen molar-refractivity contribution in [3.8, 4) is 5.75 Å². The molecule has 84 valence electrons. The highest BCUT2D eigenvalue weighted by Gasteiger charge is 2.42. The van der Waals surface area contributed by atoms with Crippen LogP contribution in [0.2, 0.25) is 0 Å². The molecule has 0 N–H and O–H groups in total. The van der Waals surface area contributed by atoms with E-state index in [2.05, 4.69) is 17.7 Å². The Hall–Kier alpha value is -0.640. The molecule has 1 fully saturated rings. The van der Waals surface area contributed by atoms with E-state index in [1.165, 1.54) is 12.8 Å². The predicted molar refractivity (Wildman–Crippen MR) is 63.7 cm³/mol. The second kappa shape index (κ2) is 3.74. The number of ether oxygens (including phenoxy) is 1. The molecule has 1 aliphatic rings. The fraction of sp³-hybridized carbons (Fsp3) is 0.727. The monoisotopic (exact) mass is 226 g/mol. The zero-order valence-corrected chi connectivity index (χ0v) is 10.5. The van der Waals surface area contributed by atoms with Gasteiger partial charge in [0, 0.05) is 12.5 Å². The van der Waals surface area contributed by atoms with Gasteiger partial charge in [0.25, 0.3) is 0 Å². The summed E-state index contributed by atoms with van der Waals surface area (Å²) in [6.07, 6.45) is 2.49. The van der Waals surface area contributed by atoms with Crippen LogP contribution < -0.4 is 4.74 Å². The lowest BCUT2D eigenvalue weighted by Gasteiger charge is -2.13. The lowest BCUT2D eigenvalue weighted by atomic mass is 10.2. The van der Waals surface area contributed by atoms with Crippen molar-refractivity contribution >= 4 is 12.6 Å². The zero-order chi connectivity index (χ0) is 11.1. The van der Waals surface area contributed by atoms with Crippen molar-refractivity contribution in [1.82, 2.24) is 9.78 Å². The standard InChI is InChI=1S/C11H18N2OS/c1-8-10(9(2)13(3)12-8)14-6-11(7-15)4-5-11/h15H,4-7H2,1-3H3. The average Bonchev–Trinajstić information content (AvgIpc) is 2.93. The smallest absolute Gasteiger partial charge is 0.162 e. The molecular formula is C11H18N2OS. The third-order valence-corrected chi connectivity index (χ3v) is 3.93. The number of hydrogen-bond acceptors (Lipinski definition) is 3. The molecule has 1 aromatic rings. The molecule has 1 heterocycles. The van der Waals surface area contributed by atoms with Crippen molar-refractivity contribution in [1.29, 1.82) is 0 Å². The Kier molecular flexibility index (Phi) is 2.71. The summed E-state index contributed by atoms with van der Waals surface area (Å²) < 4.78 is 7.74. The van der Waals surface area contributed by atoms with E-state index in [0.717, 1.165) is 29.5 Å². The normalized spacial score (nSPS) is 17.9. The highest BCUT2D eigenvalue weighted by molar-refractivity contribution is 7.80. The molecule has 1 saturated carbocycles. The average molecular weight is 226 g/mol. The van der Waals surface area contributed by atoms with Gasteiger partial charge in [-0.05, 0) is 32.4 Å². The molecule has 0 atom stereocenters. The zero-order valence-electron chi connectivity index (χ0n) is 9.58. The van der Waals surface area contributed by atoms with Crippen molar-refractivity contribution in [2.75, 3.05) is 12.4 Å². The maximum Gasteiger partial charge on any atom is 0.162 e. The SMILES string of the molecule is Cc1nn(C)c(C)c1OCC1(CS)CC1. The first-order valence-corrected chi connectivity index (χ1v) is 5.95.